The van der Waals surface area contributed by atoms with Crippen molar-refractivity contribution >= 4 is 16.7 Å². The number of aromatic hydroxyl groups is 2. The first-order valence-corrected chi connectivity index (χ1v) is 11.7. The molecule has 3 aromatic rings. The summed E-state index contributed by atoms with van der Waals surface area (Å²) in [6.45, 7) is 6.31. The van der Waals surface area contributed by atoms with Crippen LogP contribution in [-0.4, -0.2) is 27.9 Å². The minimum Gasteiger partial charge on any atom is -0.504 e. The summed E-state index contributed by atoms with van der Waals surface area (Å²) in [5.74, 6) is -0.338. The second kappa shape index (κ2) is 11.1. The summed E-state index contributed by atoms with van der Waals surface area (Å²) < 4.78 is 5.90. The third-order valence-electron chi connectivity index (χ3n) is 6.20. The number of phenols is 2. The van der Waals surface area contributed by atoms with Gasteiger partial charge in [-0.15, -0.1) is 0 Å². The van der Waals surface area contributed by atoms with E-state index >= 15 is 0 Å². The fraction of sp³-hybridized carbons (Fsp3) is 0.393. The van der Waals surface area contributed by atoms with Crippen LogP contribution in [0.15, 0.2) is 48.5 Å². The first kappa shape index (κ1) is 24.4. The van der Waals surface area contributed by atoms with Gasteiger partial charge in [0.2, 0.25) is 0 Å². The standard InChI is InChI=1S/C28H34O5/c1-18(2)25-14-12-20(26(29)27(25)30)8-6-4-5-7-15-33-24-13-11-22-16-21(19(3)28(31)32)9-10-23(22)17-24/h9-14,16-19,29-30H,4-8,15H2,1-3H3,(H,31,32)/t19-/m0/s1. The van der Waals surface area contributed by atoms with Crippen molar-refractivity contribution in [3.05, 3.63) is 65.2 Å². The molecule has 33 heavy (non-hydrogen) atoms. The molecule has 3 N–H and O–H groups in total. The monoisotopic (exact) mass is 450 g/mol. The van der Waals surface area contributed by atoms with E-state index in [4.69, 9.17) is 4.74 Å². The van der Waals surface area contributed by atoms with Crippen molar-refractivity contribution in [1.29, 1.82) is 0 Å². The van der Waals surface area contributed by atoms with E-state index in [1.54, 1.807) is 6.92 Å². The lowest BCUT2D eigenvalue weighted by molar-refractivity contribution is -0.138. The Kier molecular flexibility index (Phi) is 8.21. The van der Waals surface area contributed by atoms with Crippen LogP contribution >= 0.6 is 0 Å². The van der Waals surface area contributed by atoms with Crippen LogP contribution in [0.5, 0.6) is 17.2 Å². The molecule has 0 radical (unpaired) electrons. The molecule has 0 aromatic heterocycles. The summed E-state index contributed by atoms with van der Waals surface area (Å²) in [6, 6.07) is 15.4. The molecule has 0 saturated carbocycles. The zero-order valence-electron chi connectivity index (χ0n) is 19.7. The van der Waals surface area contributed by atoms with Crippen molar-refractivity contribution < 1.29 is 24.9 Å². The van der Waals surface area contributed by atoms with Crippen LogP contribution in [0.3, 0.4) is 0 Å². The van der Waals surface area contributed by atoms with E-state index in [1.165, 1.54) is 0 Å². The second-order valence-corrected chi connectivity index (χ2v) is 9.01. The third kappa shape index (κ3) is 6.19. The van der Waals surface area contributed by atoms with Gasteiger partial charge in [0.15, 0.2) is 11.5 Å². The Morgan fingerprint density at radius 3 is 2.27 bits per heavy atom. The van der Waals surface area contributed by atoms with Gasteiger partial charge in [-0.2, -0.15) is 0 Å². The largest absolute Gasteiger partial charge is 0.504 e. The van der Waals surface area contributed by atoms with E-state index in [2.05, 4.69) is 0 Å². The molecule has 0 aliphatic rings. The van der Waals surface area contributed by atoms with Crippen molar-refractivity contribution in [2.24, 2.45) is 0 Å². The van der Waals surface area contributed by atoms with Crippen molar-refractivity contribution in [3.8, 4) is 17.2 Å². The van der Waals surface area contributed by atoms with Gasteiger partial charge in [0.05, 0.1) is 12.5 Å². The highest BCUT2D eigenvalue weighted by Gasteiger charge is 2.14. The van der Waals surface area contributed by atoms with Crippen LogP contribution in [-0.2, 0) is 11.2 Å². The molecule has 3 rings (SSSR count). The van der Waals surface area contributed by atoms with Crippen molar-refractivity contribution in [3.63, 3.8) is 0 Å². The molecule has 0 saturated heterocycles. The lowest BCUT2D eigenvalue weighted by Gasteiger charge is -2.13. The molecule has 176 valence electrons. The average molecular weight is 451 g/mol. The fourth-order valence-corrected chi connectivity index (χ4v) is 4.01. The number of carboxylic acid groups (broad SMARTS) is 1. The quantitative estimate of drug-likeness (QED) is 0.222. The number of fused-ring (bicyclic) bond motifs is 1. The average Bonchev–Trinajstić information content (AvgIpc) is 2.79. The van der Waals surface area contributed by atoms with Gasteiger partial charge in [0, 0.05) is 5.56 Å². The molecule has 0 bridgehead atoms. The van der Waals surface area contributed by atoms with Crippen LogP contribution < -0.4 is 4.74 Å². The first-order chi connectivity index (χ1) is 15.8. The predicted octanol–water partition coefficient (Wildman–Crippen LogP) is 6.74. The maximum absolute atomic E-state index is 11.2. The minimum atomic E-state index is -0.826. The van der Waals surface area contributed by atoms with E-state index in [0.717, 1.165) is 65.3 Å². The van der Waals surface area contributed by atoms with Crippen LogP contribution in [0, 0.1) is 0 Å². The Hall–Kier alpha value is -3.21. The second-order valence-electron chi connectivity index (χ2n) is 9.01. The number of hydrogen-bond acceptors (Lipinski definition) is 4. The number of carboxylic acids is 1. The highest BCUT2D eigenvalue weighted by Crippen LogP contribution is 2.37. The minimum absolute atomic E-state index is 0.0129. The van der Waals surface area contributed by atoms with Gasteiger partial charge in [0.1, 0.15) is 5.75 Å². The maximum Gasteiger partial charge on any atom is 0.310 e. The summed E-state index contributed by atoms with van der Waals surface area (Å²) in [7, 11) is 0. The summed E-state index contributed by atoms with van der Waals surface area (Å²) >= 11 is 0. The molecule has 0 unspecified atom stereocenters. The van der Waals surface area contributed by atoms with Crippen LogP contribution in [0.4, 0.5) is 0 Å². The maximum atomic E-state index is 11.2. The summed E-state index contributed by atoms with van der Waals surface area (Å²) in [5.41, 5.74) is 2.37. The number of carbonyl (C=O) groups is 1. The Bertz CT molecular complexity index is 1100. The highest BCUT2D eigenvalue weighted by atomic mass is 16.5. The number of benzene rings is 3. The molecule has 3 aromatic carbocycles. The molecule has 0 amide bonds. The molecular formula is C28H34O5. The Morgan fingerprint density at radius 1 is 0.848 bits per heavy atom. The summed E-state index contributed by atoms with van der Waals surface area (Å²) in [5, 5.41) is 31.6. The number of phenolic OH excluding ortho intramolecular Hbond substituents is 2. The van der Waals surface area contributed by atoms with Gasteiger partial charge in [-0.05, 0) is 66.1 Å². The molecule has 0 heterocycles. The molecular weight excluding hydrogens is 416 g/mol. The van der Waals surface area contributed by atoms with Gasteiger partial charge in [-0.1, -0.05) is 63.1 Å². The van der Waals surface area contributed by atoms with Gasteiger partial charge in [0.25, 0.3) is 0 Å². The number of aryl methyl sites for hydroxylation is 1. The van der Waals surface area contributed by atoms with Gasteiger partial charge in [-0.25, -0.2) is 0 Å². The normalized spacial score (nSPS) is 12.2. The fourth-order valence-electron chi connectivity index (χ4n) is 4.01. The van der Waals surface area contributed by atoms with Crippen LogP contribution in [0.2, 0.25) is 0 Å². The van der Waals surface area contributed by atoms with Crippen molar-refractivity contribution in [2.75, 3.05) is 6.61 Å². The van der Waals surface area contributed by atoms with Crippen molar-refractivity contribution in [2.45, 2.75) is 64.7 Å². The zero-order valence-corrected chi connectivity index (χ0v) is 19.7. The highest BCUT2D eigenvalue weighted by molar-refractivity contribution is 5.86. The lowest BCUT2D eigenvalue weighted by atomic mass is 9.97. The molecule has 0 spiro atoms. The topological polar surface area (TPSA) is 87.0 Å². The van der Waals surface area contributed by atoms with Crippen LogP contribution in [0.1, 0.15) is 75.0 Å². The van der Waals surface area contributed by atoms with E-state index in [0.29, 0.717) is 6.61 Å². The van der Waals surface area contributed by atoms with Crippen molar-refractivity contribution in [1.82, 2.24) is 0 Å². The Morgan fingerprint density at radius 2 is 1.55 bits per heavy atom. The molecule has 5 heteroatoms. The van der Waals surface area contributed by atoms with E-state index in [-0.39, 0.29) is 17.4 Å². The molecule has 1 atom stereocenters. The van der Waals surface area contributed by atoms with Crippen LogP contribution in [0.25, 0.3) is 10.8 Å². The number of hydrogen-bond donors (Lipinski definition) is 3. The van der Waals surface area contributed by atoms with Gasteiger partial charge >= 0.3 is 5.97 Å². The van der Waals surface area contributed by atoms with E-state index < -0.39 is 11.9 Å². The number of rotatable bonds is 11. The third-order valence-corrected chi connectivity index (χ3v) is 6.20. The zero-order chi connectivity index (χ0) is 24.0. The van der Waals surface area contributed by atoms with Gasteiger partial charge < -0.3 is 20.1 Å². The smallest absolute Gasteiger partial charge is 0.310 e. The summed E-state index contributed by atoms with van der Waals surface area (Å²) in [4.78, 5) is 11.2. The summed E-state index contributed by atoms with van der Waals surface area (Å²) in [6.07, 6.45) is 4.68. The predicted molar refractivity (Wildman–Crippen MR) is 132 cm³/mol. The molecule has 0 fully saturated rings. The Balaban J connectivity index is 1.42. The molecule has 5 nitrogen and oxygen atoms in total. The van der Waals surface area contributed by atoms with Gasteiger partial charge in [-0.3, -0.25) is 4.79 Å². The molecule has 0 aliphatic carbocycles. The number of unbranched alkanes of at least 4 members (excludes halogenated alkanes) is 3. The SMILES string of the molecule is CC(C)c1ccc(CCCCCCOc2ccc3cc([C@H](C)C(=O)O)ccc3c2)c(O)c1O. The van der Waals surface area contributed by atoms with E-state index in [9.17, 15) is 20.1 Å². The first-order valence-electron chi connectivity index (χ1n) is 11.7. The molecule has 0 aliphatic heterocycles. The Labute approximate surface area is 195 Å². The number of ether oxygens (including phenoxy) is 1. The lowest BCUT2D eigenvalue weighted by Crippen LogP contribution is -2.07. The number of aliphatic carboxylic acids is 1. The van der Waals surface area contributed by atoms with E-state index in [1.807, 2.05) is 62.4 Å².